The van der Waals surface area contributed by atoms with E-state index < -0.39 is 5.82 Å². The number of aromatic nitrogens is 2. The van der Waals surface area contributed by atoms with Crippen molar-refractivity contribution in [1.29, 1.82) is 0 Å². The van der Waals surface area contributed by atoms with Crippen molar-refractivity contribution in [3.05, 3.63) is 39.2 Å². The van der Waals surface area contributed by atoms with E-state index in [1.54, 1.807) is 13.1 Å². The smallest absolute Gasteiger partial charge is 0.161 e. The predicted molar refractivity (Wildman–Crippen MR) is 79.1 cm³/mol. The summed E-state index contributed by atoms with van der Waals surface area (Å²) in [5.41, 5.74) is 1.57. The molecule has 0 fully saturated rings. The molecule has 1 N–H and O–H groups in total. The maximum Gasteiger partial charge on any atom is 0.161 e. The number of nitrogens with zero attached hydrogens (tertiary/aromatic N) is 2. The van der Waals surface area contributed by atoms with E-state index in [0.29, 0.717) is 17.2 Å². The van der Waals surface area contributed by atoms with Crippen molar-refractivity contribution >= 4 is 33.3 Å². The lowest BCUT2D eigenvalue weighted by Gasteiger charge is -2.10. The number of nitrogens with one attached hydrogen (secondary N) is 1. The van der Waals surface area contributed by atoms with Crippen LogP contribution in [0.4, 0.5) is 10.2 Å². The summed E-state index contributed by atoms with van der Waals surface area (Å²) in [6.07, 6.45) is 0.764. The molecule has 0 aliphatic carbocycles. The summed E-state index contributed by atoms with van der Waals surface area (Å²) in [6, 6.07) is 4.45. The Morgan fingerprint density at radius 3 is 2.68 bits per heavy atom. The van der Waals surface area contributed by atoms with Crippen molar-refractivity contribution in [1.82, 2.24) is 9.97 Å². The van der Waals surface area contributed by atoms with E-state index >= 15 is 0 Å². The number of anilines is 1. The first-order valence-corrected chi connectivity index (χ1v) is 6.93. The van der Waals surface area contributed by atoms with Gasteiger partial charge in [0.15, 0.2) is 5.82 Å². The Hall–Kier alpha value is -1.20. The lowest BCUT2D eigenvalue weighted by molar-refractivity contribution is 0.628. The fourth-order valence-corrected chi connectivity index (χ4v) is 2.49. The normalized spacial score (nSPS) is 10.6. The summed E-state index contributed by atoms with van der Waals surface area (Å²) in [5.74, 6) is 0.765. The molecule has 1 aromatic carbocycles. The molecular formula is C13H12BrClFN3. The third-order valence-corrected chi connectivity index (χ3v) is 3.79. The van der Waals surface area contributed by atoms with Crippen molar-refractivity contribution in [2.45, 2.75) is 13.3 Å². The minimum absolute atomic E-state index is 0.0630. The SMILES string of the molecule is CCc1nc(-c2ccc(F)c(Cl)c2)nc(NC)c1Br. The van der Waals surface area contributed by atoms with Gasteiger partial charge in [-0.2, -0.15) is 0 Å². The van der Waals surface area contributed by atoms with Crippen LogP contribution in [0.2, 0.25) is 5.02 Å². The zero-order valence-corrected chi connectivity index (χ0v) is 12.8. The molecule has 0 radical (unpaired) electrons. The average molecular weight is 345 g/mol. The van der Waals surface area contributed by atoms with Gasteiger partial charge in [-0.3, -0.25) is 0 Å². The number of halogens is 3. The fraction of sp³-hybridized carbons (Fsp3) is 0.231. The molecule has 100 valence electrons. The maximum atomic E-state index is 13.2. The van der Waals surface area contributed by atoms with Gasteiger partial charge in [-0.05, 0) is 40.5 Å². The van der Waals surface area contributed by atoms with Gasteiger partial charge in [0.2, 0.25) is 0 Å². The molecule has 1 aromatic heterocycles. The summed E-state index contributed by atoms with van der Waals surface area (Å²) < 4.78 is 14.0. The maximum absolute atomic E-state index is 13.2. The van der Waals surface area contributed by atoms with Gasteiger partial charge in [-0.15, -0.1) is 0 Å². The summed E-state index contributed by atoms with van der Waals surface area (Å²) in [5, 5.41) is 3.06. The second-order valence-electron chi connectivity index (χ2n) is 3.89. The van der Waals surface area contributed by atoms with Crippen LogP contribution in [-0.4, -0.2) is 17.0 Å². The number of hydrogen-bond acceptors (Lipinski definition) is 3. The summed E-state index contributed by atoms with van der Waals surface area (Å²) >= 11 is 9.25. The van der Waals surface area contributed by atoms with Gasteiger partial charge in [0.1, 0.15) is 11.6 Å². The quantitative estimate of drug-likeness (QED) is 0.902. The van der Waals surface area contributed by atoms with E-state index in [-0.39, 0.29) is 5.02 Å². The Labute approximate surface area is 124 Å². The van der Waals surface area contributed by atoms with Crippen LogP contribution in [0.5, 0.6) is 0 Å². The molecule has 0 saturated heterocycles. The minimum Gasteiger partial charge on any atom is -0.372 e. The van der Waals surface area contributed by atoms with Gasteiger partial charge in [0.25, 0.3) is 0 Å². The molecule has 0 unspecified atom stereocenters. The summed E-state index contributed by atoms with van der Waals surface area (Å²) in [6.45, 7) is 2.01. The molecule has 2 aromatic rings. The number of aryl methyl sites for hydroxylation is 1. The second kappa shape index (κ2) is 5.84. The predicted octanol–water partition coefficient (Wildman–Crippen LogP) is 4.30. The molecule has 0 aliphatic heterocycles. The highest BCUT2D eigenvalue weighted by Crippen LogP contribution is 2.28. The largest absolute Gasteiger partial charge is 0.372 e. The van der Waals surface area contributed by atoms with Crippen LogP contribution >= 0.6 is 27.5 Å². The van der Waals surface area contributed by atoms with Gasteiger partial charge in [-0.25, -0.2) is 14.4 Å². The Bertz CT molecular complexity index is 594. The first kappa shape index (κ1) is 14.2. The Balaban J connectivity index is 2.58. The molecule has 0 atom stereocenters. The van der Waals surface area contributed by atoms with Crippen molar-refractivity contribution in [2.24, 2.45) is 0 Å². The van der Waals surface area contributed by atoms with Gasteiger partial charge < -0.3 is 5.32 Å². The third kappa shape index (κ3) is 2.87. The molecule has 0 amide bonds. The molecule has 0 aliphatic rings. The lowest BCUT2D eigenvalue weighted by atomic mass is 10.2. The molecule has 6 heteroatoms. The van der Waals surface area contributed by atoms with Crippen molar-refractivity contribution in [2.75, 3.05) is 12.4 Å². The molecule has 0 spiro atoms. The number of benzene rings is 1. The van der Waals surface area contributed by atoms with Crippen LogP contribution < -0.4 is 5.32 Å². The second-order valence-corrected chi connectivity index (χ2v) is 5.09. The molecular weight excluding hydrogens is 333 g/mol. The van der Waals surface area contributed by atoms with Crippen LogP contribution in [0, 0.1) is 5.82 Å². The standard InChI is InChI=1S/C13H12BrClFN3/c1-3-10-11(14)13(17-2)19-12(18-10)7-4-5-9(16)8(15)6-7/h4-6H,3H2,1-2H3,(H,17,18,19). The van der Waals surface area contributed by atoms with Crippen LogP contribution in [0.1, 0.15) is 12.6 Å². The monoisotopic (exact) mass is 343 g/mol. The van der Waals surface area contributed by atoms with Gasteiger partial charge in [-0.1, -0.05) is 18.5 Å². The highest BCUT2D eigenvalue weighted by atomic mass is 79.9. The Morgan fingerprint density at radius 1 is 1.37 bits per heavy atom. The molecule has 2 rings (SSSR count). The third-order valence-electron chi connectivity index (χ3n) is 2.67. The zero-order valence-electron chi connectivity index (χ0n) is 10.5. The van der Waals surface area contributed by atoms with Crippen molar-refractivity contribution in [3.8, 4) is 11.4 Å². The fourth-order valence-electron chi connectivity index (χ4n) is 1.66. The topological polar surface area (TPSA) is 37.8 Å². The van der Waals surface area contributed by atoms with Crippen LogP contribution in [-0.2, 0) is 6.42 Å². The van der Waals surface area contributed by atoms with Crippen molar-refractivity contribution in [3.63, 3.8) is 0 Å². The van der Waals surface area contributed by atoms with Crippen LogP contribution in [0.15, 0.2) is 22.7 Å². The Morgan fingerprint density at radius 2 is 2.11 bits per heavy atom. The molecule has 0 bridgehead atoms. The molecule has 19 heavy (non-hydrogen) atoms. The first-order chi connectivity index (χ1) is 9.06. The number of hydrogen-bond donors (Lipinski definition) is 1. The van der Waals surface area contributed by atoms with E-state index in [0.717, 1.165) is 16.6 Å². The minimum atomic E-state index is -0.452. The van der Waals surface area contributed by atoms with E-state index in [9.17, 15) is 4.39 Å². The average Bonchev–Trinajstić information content (AvgIpc) is 2.42. The van der Waals surface area contributed by atoms with Crippen molar-refractivity contribution < 1.29 is 4.39 Å². The van der Waals surface area contributed by atoms with Crippen LogP contribution in [0.3, 0.4) is 0 Å². The molecule has 1 heterocycles. The summed E-state index contributed by atoms with van der Waals surface area (Å²) in [4.78, 5) is 8.85. The van der Waals surface area contributed by atoms with E-state index in [1.165, 1.54) is 12.1 Å². The zero-order chi connectivity index (χ0) is 14.0. The van der Waals surface area contributed by atoms with E-state index in [4.69, 9.17) is 11.6 Å². The summed E-state index contributed by atoms with van der Waals surface area (Å²) in [7, 11) is 1.79. The highest BCUT2D eigenvalue weighted by Gasteiger charge is 2.12. The van der Waals surface area contributed by atoms with Gasteiger partial charge >= 0.3 is 0 Å². The highest BCUT2D eigenvalue weighted by molar-refractivity contribution is 9.10. The van der Waals surface area contributed by atoms with E-state index in [1.807, 2.05) is 6.92 Å². The lowest BCUT2D eigenvalue weighted by Crippen LogP contribution is -2.02. The van der Waals surface area contributed by atoms with Gasteiger partial charge in [0, 0.05) is 12.6 Å². The molecule has 0 saturated carbocycles. The Kier molecular flexibility index (Phi) is 4.37. The van der Waals surface area contributed by atoms with Gasteiger partial charge in [0.05, 0.1) is 15.2 Å². The van der Waals surface area contributed by atoms with E-state index in [2.05, 4.69) is 31.2 Å². The number of rotatable bonds is 3. The molecule has 3 nitrogen and oxygen atoms in total. The first-order valence-electron chi connectivity index (χ1n) is 5.76. The van der Waals surface area contributed by atoms with Crippen LogP contribution in [0.25, 0.3) is 11.4 Å².